The lowest BCUT2D eigenvalue weighted by molar-refractivity contribution is -0.0868. The molecule has 0 N–H and O–H groups in total. The van der Waals surface area contributed by atoms with E-state index in [4.69, 9.17) is 0 Å². The largest absolute Gasteiger partial charge is 0.673 e. The smallest absolute Gasteiger partial charge is 0.418 e. The Morgan fingerprint density at radius 2 is 1.54 bits per heavy atom. The topological polar surface area (TPSA) is 0 Å². The Labute approximate surface area is 137 Å². The molecule has 1 aromatic carbocycles. The van der Waals surface area contributed by atoms with Gasteiger partial charge in [-0.25, -0.2) is 0 Å². The van der Waals surface area contributed by atoms with Gasteiger partial charge in [0, 0.05) is 17.4 Å². The van der Waals surface area contributed by atoms with Gasteiger partial charge in [0.2, 0.25) is 0 Å². The number of aryl methyl sites for hydroxylation is 1. The Kier molecular flexibility index (Phi) is 5.52. The molecule has 24 heavy (non-hydrogen) atoms. The molecule has 1 aliphatic rings. The Morgan fingerprint density at radius 3 is 2.04 bits per heavy atom. The number of fused-ring (bicyclic) bond motifs is 1. The molecule has 3 rings (SSSR count). The van der Waals surface area contributed by atoms with E-state index in [1.54, 1.807) is 12.1 Å². The molecule has 1 aromatic heterocycles. The fraction of sp³-hybridized carbons (Fsp3) is 0.467. The van der Waals surface area contributed by atoms with E-state index in [2.05, 4.69) is 0 Å². The molecule has 1 fully saturated rings. The van der Waals surface area contributed by atoms with Gasteiger partial charge in [-0.3, -0.25) is 0 Å². The van der Waals surface area contributed by atoms with Crippen LogP contribution in [0.3, 0.4) is 0 Å². The van der Waals surface area contributed by atoms with E-state index >= 15 is 0 Å². The standard InChI is InChI=1S/C15H16F3S.BF4/c1-10-6-7-13-12(8-10)9-14(11-4-2-3-5-11)19(13)15(16,17)18;2-1(3,4)5/h6-9,11H,2-5H2,1H3;/q+1;-1. The average molecular weight is 372 g/mol. The lowest BCUT2D eigenvalue weighted by Crippen LogP contribution is -2.02. The molecule has 0 bridgehead atoms. The molecule has 1 heterocycles. The van der Waals surface area contributed by atoms with Crippen molar-refractivity contribution in [2.75, 3.05) is 0 Å². The zero-order valence-electron chi connectivity index (χ0n) is 12.8. The molecule has 1 unspecified atom stereocenters. The summed E-state index contributed by atoms with van der Waals surface area (Å²) in [6, 6.07) is 7.15. The highest BCUT2D eigenvalue weighted by Crippen LogP contribution is 2.55. The van der Waals surface area contributed by atoms with E-state index in [1.807, 2.05) is 19.1 Å². The highest BCUT2D eigenvalue weighted by atomic mass is 32.2. The zero-order valence-corrected chi connectivity index (χ0v) is 13.7. The Balaban J connectivity index is 0.000000368. The van der Waals surface area contributed by atoms with Gasteiger partial charge in [0.25, 0.3) is 0 Å². The second-order valence-electron chi connectivity index (χ2n) is 5.82. The molecule has 0 radical (unpaired) electrons. The van der Waals surface area contributed by atoms with Crippen molar-refractivity contribution < 1.29 is 30.4 Å². The fourth-order valence-electron chi connectivity index (χ4n) is 3.06. The lowest BCUT2D eigenvalue weighted by Gasteiger charge is -2.05. The number of thiophene rings is 1. The van der Waals surface area contributed by atoms with Gasteiger partial charge >= 0.3 is 12.8 Å². The monoisotopic (exact) mass is 372 g/mol. The van der Waals surface area contributed by atoms with Gasteiger partial charge in [-0.2, -0.15) is 0 Å². The van der Waals surface area contributed by atoms with Crippen molar-refractivity contribution in [1.29, 1.82) is 0 Å². The van der Waals surface area contributed by atoms with Gasteiger partial charge < -0.3 is 17.3 Å². The van der Waals surface area contributed by atoms with E-state index < -0.39 is 23.2 Å². The van der Waals surface area contributed by atoms with Crippen LogP contribution < -0.4 is 0 Å². The maximum Gasteiger partial charge on any atom is 0.673 e. The fourth-order valence-corrected chi connectivity index (χ4v) is 5.20. The van der Waals surface area contributed by atoms with Crippen LogP contribution >= 0.6 is 10.5 Å². The van der Waals surface area contributed by atoms with Crippen LogP contribution in [0.15, 0.2) is 24.3 Å². The summed E-state index contributed by atoms with van der Waals surface area (Å²) in [5.41, 5.74) is -3.12. The molecule has 0 saturated heterocycles. The molecule has 2 aromatic rings. The molecule has 1 saturated carbocycles. The highest BCUT2D eigenvalue weighted by Gasteiger charge is 2.49. The normalized spacial score (nSPS) is 17.1. The van der Waals surface area contributed by atoms with E-state index in [-0.39, 0.29) is 5.92 Å². The quantitative estimate of drug-likeness (QED) is 0.279. The first-order valence-corrected chi connectivity index (χ1v) is 8.70. The maximum absolute atomic E-state index is 13.4. The van der Waals surface area contributed by atoms with Crippen molar-refractivity contribution in [3.63, 3.8) is 0 Å². The van der Waals surface area contributed by atoms with Gasteiger partial charge in [0.15, 0.2) is 9.58 Å². The molecule has 0 spiro atoms. The Morgan fingerprint density at radius 1 is 1.00 bits per heavy atom. The van der Waals surface area contributed by atoms with E-state index in [9.17, 15) is 30.4 Å². The van der Waals surface area contributed by atoms with Crippen molar-refractivity contribution >= 4 is 27.8 Å². The number of benzene rings is 1. The van der Waals surface area contributed by atoms with Crippen LogP contribution in [0.25, 0.3) is 10.1 Å². The SMILES string of the molecule is Cc1ccc2c(c1)cc(C1CCCC1)[s+]2C(F)(F)F.F[B-](F)(F)F. The van der Waals surface area contributed by atoms with E-state index in [0.29, 0.717) is 9.58 Å². The third-order valence-electron chi connectivity index (χ3n) is 3.91. The van der Waals surface area contributed by atoms with Crippen LogP contribution in [0.1, 0.15) is 42.0 Å². The summed E-state index contributed by atoms with van der Waals surface area (Å²) < 4.78 is 79.7. The molecular formula is C15H16BF7S. The molecule has 0 aliphatic heterocycles. The van der Waals surface area contributed by atoms with Crippen LogP contribution in [-0.4, -0.2) is 7.25 Å². The molecule has 9 heteroatoms. The first kappa shape index (κ1) is 19.1. The number of hydrogen-bond donors (Lipinski definition) is 0. The Bertz CT molecular complexity index is 690. The lowest BCUT2D eigenvalue weighted by atomic mass is 10.1. The van der Waals surface area contributed by atoms with Crippen molar-refractivity contribution in [2.45, 2.75) is 44.0 Å². The summed E-state index contributed by atoms with van der Waals surface area (Å²) in [5, 5.41) is 0.780. The first-order chi connectivity index (χ1) is 11.0. The van der Waals surface area contributed by atoms with Crippen molar-refractivity contribution in [2.24, 2.45) is 0 Å². The predicted octanol–water partition coefficient (Wildman–Crippen LogP) is 7.33. The van der Waals surface area contributed by atoms with Crippen LogP contribution in [0.4, 0.5) is 30.4 Å². The van der Waals surface area contributed by atoms with Crippen LogP contribution in [0, 0.1) is 6.92 Å². The van der Waals surface area contributed by atoms with Gasteiger partial charge in [0.05, 0.1) is 10.5 Å². The average Bonchev–Trinajstić information content (AvgIpc) is 3.01. The minimum atomic E-state index is -6.00. The van der Waals surface area contributed by atoms with Crippen LogP contribution in [0.5, 0.6) is 0 Å². The molecule has 0 amide bonds. The first-order valence-electron chi connectivity index (χ1n) is 7.47. The summed E-state index contributed by atoms with van der Waals surface area (Å²) in [4.78, 5) is 0.630. The summed E-state index contributed by atoms with van der Waals surface area (Å²) in [7, 11) is -7.69. The third-order valence-corrected chi connectivity index (χ3v) is 6.10. The minimum Gasteiger partial charge on any atom is -0.418 e. The van der Waals surface area contributed by atoms with Gasteiger partial charge in [0.1, 0.15) is 0 Å². The minimum absolute atomic E-state index is 0.137. The molecule has 1 atom stereocenters. The van der Waals surface area contributed by atoms with E-state index in [1.165, 1.54) is 0 Å². The number of hydrogen-bond acceptors (Lipinski definition) is 0. The highest BCUT2D eigenvalue weighted by molar-refractivity contribution is 7.38. The second-order valence-corrected chi connectivity index (χ2v) is 7.80. The van der Waals surface area contributed by atoms with Gasteiger partial charge in [-0.1, -0.05) is 24.5 Å². The van der Waals surface area contributed by atoms with Crippen LogP contribution in [0.2, 0.25) is 0 Å². The predicted molar refractivity (Wildman–Crippen MR) is 83.9 cm³/mol. The van der Waals surface area contributed by atoms with E-state index in [0.717, 1.165) is 36.6 Å². The summed E-state index contributed by atoms with van der Waals surface area (Å²) in [6.45, 7) is 1.92. The summed E-state index contributed by atoms with van der Waals surface area (Å²) in [6.07, 6.45) is 3.95. The number of rotatable bonds is 1. The third kappa shape index (κ3) is 4.88. The van der Waals surface area contributed by atoms with Crippen LogP contribution in [-0.2, 0) is 5.51 Å². The molecular weight excluding hydrogens is 356 g/mol. The molecule has 1 aliphatic carbocycles. The van der Waals surface area contributed by atoms with Gasteiger partial charge in [-0.05, 0) is 31.9 Å². The van der Waals surface area contributed by atoms with Crippen molar-refractivity contribution in [3.05, 3.63) is 34.7 Å². The molecule has 134 valence electrons. The maximum atomic E-state index is 13.4. The molecule has 0 nitrogen and oxygen atoms in total. The number of halogens is 7. The second kappa shape index (κ2) is 6.94. The van der Waals surface area contributed by atoms with Gasteiger partial charge in [-0.15, -0.1) is 13.2 Å². The summed E-state index contributed by atoms with van der Waals surface area (Å²) in [5.74, 6) is 0.137. The summed E-state index contributed by atoms with van der Waals surface area (Å²) >= 11 is 0. The van der Waals surface area contributed by atoms with Crippen molar-refractivity contribution in [1.82, 2.24) is 0 Å². The zero-order chi connectivity index (χ0) is 18.1. The van der Waals surface area contributed by atoms with Crippen molar-refractivity contribution in [3.8, 4) is 0 Å². The number of alkyl halides is 3. The Hall–Kier alpha value is -1.25.